The van der Waals surface area contributed by atoms with Gasteiger partial charge in [0.1, 0.15) is 11.6 Å². The average molecular weight is 433 g/mol. The molecule has 3 rings (SSSR count). The molecule has 0 atom stereocenters. The Morgan fingerprint density at radius 2 is 1.77 bits per heavy atom. The van der Waals surface area contributed by atoms with E-state index in [1.807, 2.05) is 0 Å². The predicted octanol–water partition coefficient (Wildman–Crippen LogP) is 3.61. The first-order valence-corrected chi connectivity index (χ1v) is 9.81. The Balaban J connectivity index is 2.04. The highest BCUT2D eigenvalue weighted by Gasteiger charge is 2.25. The number of anilines is 1. The van der Waals surface area contributed by atoms with Gasteiger partial charge in [0.25, 0.3) is 15.7 Å². The van der Waals surface area contributed by atoms with Crippen LogP contribution in [-0.2, 0) is 10.0 Å². The number of nitro benzene ring substituents is 1. The van der Waals surface area contributed by atoms with E-state index < -0.39 is 43.9 Å². The number of halogens is 2. The van der Waals surface area contributed by atoms with Gasteiger partial charge in [0.15, 0.2) is 11.6 Å². The maximum Gasteiger partial charge on any atom is 0.273 e. The summed E-state index contributed by atoms with van der Waals surface area (Å²) in [5.74, 6) is -3.21. The van der Waals surface area contributed by atoms with E-state index in [-0.39, 0.29) is 21.6 Å². The number of nitro groups is 1. The van der Waals surface area contributed by atoms with E-state index in [9.17, 15) is 32.1 Å². The summed E-state index contributed by atoms with van der Waals surface area (Å²) < 4.78 is 54.7. The summed E-state index contributed by atoms with van der Waals surface area (Å²) in [6.07, 6.45) is 1.21. The minimum absolute atomic E-state index is 0.106. The van der Waals surface area contributed by atoms with Gasteiger partial charge in [-0.25, -0.2) is 22.2 Å². The molecule has 0 spiro atoms. The lowest BCUT2D eigenvalue weighted by Crippen LogP contribution is -2.18. The quantitative estimate of drug-likeness (QED) is 0.360. The van der Waals surface area contributed by atoms with Crippen molar-refractivity contribution in [1.82, 2.24) is 4.98 Å². The fourth-order valence-electron chi connectivity index (χ4n) is 2.78. The topological polar surface area (TPSA) is 119 Å². The summed E-state index contributed by atoms with van der Waals surface area (Å²) in [6, 6.07) is 8.31. The molecule has 1 heterocycles. The number of carbonyl (C=O) groups is 1. The molecule has 11 heteroatoms. The van der Waals surface area contributed by atoms with E-state index in [4.69, 9.17) is 0 Å². The molecule has 0 saturated carbocycles. The third kappa shape index (κ3) is 4.15. The summed E-state index contributed by atoms with van der Waals surface area (Å²) >= 11 is 0. The van der Waals surface area contributed by atoms with Gasteiger partial charge in [0.05, 0.1) is 15.4 Å². The van der Waals surface area contributed by atoms with Crippen molar-refractivity contribution >= 4 is 27.3 Å². The van der Waals surface area contributed by atoms with Gasteiger partial charge in [0, 0.05) is 29.5 Å². The maximum atomic E-state index is 13.5. The number of ketones is 1. The van der Waals surface area contributed by atoms with Crippen LogP contribution in [0.4, 0.5) is 20.3 Å². The van der Waals surface area contributed by atoms with Crippen LogP contribution in [0.5, 0.6) is 0 Å². The van der Waals surface area contributed by atoms with Crippen molar-refractivity contribution in [2.45, 2.75) is 11.8 Å². The molecule has 2 aromatic carbocycles. The first-order chi connectivity index (χ1) is 14.1. The third-order valence-electron chi connectivity index (χ3n) is 4.15. The molecule has 8 nitrogen and oxygen atoms in total. The summed E-state index contributed by atoms with van der Waals surface area (Å²) in [6.45, 7) is 1.27. The van der Waals surface area contributed by atoms with Crippen molar-refractivity contribution in [3.63, 3.8) is 0 Å². The van der Waals surface area contributed by atoms with Gasteiger partial charge < -0.3 is 0 Å². The van der Waals surface area contributed by atoms with Crippen molar-refractivity contribution in [3.05, 3.63) is 93.2 Å². The lowest BCUT2D eigenvalue weighted by Gasteiger charge is -2.12. The van der Waals surface area contributed by atoms with Crippen LogP contribution < -0.4 is 4.72 Å². The number of carbonyl (C=O) groups excluding carboxylic acids is 1. The van der Waals surface area contributed by atoms with Gasteiger partial charge in [-0.1, -0.05) is 6.07 Å². The minimum atomic E-state index is -4.37. The van der Waals surface area contributed by atoms with E-state index in [1.165, 1.54) is 31.3 Å². The summed E-state index contributed by atoms with van der Waals surface area (Å²) in [4.78, 5) is 26.5. The van der Waals surface area contributed by atoms with Crippen molar-refractivity contribution in [3.8, 4) is 0 Å². The highest BCUT2D eigenvalue weighted by atomic mass is 32.2. The van der Waals surface area contributed by atoms with Crippen molar-refractivity contribution < 1.29 is 26.9 Å². The highest BCUT2D eigenvalue weighted by molar-refractivity contribution is 7.92. The monoisotopic (exact) mass is 433 g/mol. The Hall–Kier alpha value is -3.73. The number of pyridine rings is 1. The van der Waals surface area contributed by atoms with Gasteiger partial charge in [-0.15, -0.1) is 0 Å². The van der Waals surface area contributed by atoms with Crippen molar-refractivity contribution in [2.24, 2.45) is 0 Å². The second kappa shape index (κ2) is 7.95. The highest BCUT2D eigenvalue weighted by Crippen LogP contribution is 2.27. The Labute approximate surface area is 169 Å². The zero-order valence-corrected chi connectivity index (χ0v) is 16.1. The van der Waals surface area contributed by atoms with Crippen LogP contribution in [-0.4, -0.2) is 24.1 Å². The van der Waals surface area contributed by atoms with E-state index in [0.717, 1.165) is 24.3 Å². The second-order valence-corrected chi connectivity index (χ2v) is 7.80. The summed E-state index contributed by atoms with van der Waals surface area (Å²) in [5, 5.41) is 11.1. The molecule has 0 aliphatic rings. The first kappa shape index (κ1) is 21.0. The number of aromatic nitrogens is 1. The Morgan fingerprint density at radius 1 is 1.10 bits per heavy atom. The Morgan fingerprint density at radius 3 is 2.40 bits per heavy atom. The fourth-order valence-corrected chi connectivity index (χ4v) is 4.08. The Bertz CT molecular complexity index is 1260. The molecular weight excluding hydrogens is 420 g/mol. The van der Waals surface area contributed by atoms with Gasteiger partial charge in [0.2, 0.25) is 0 Å². The van der Waals surface area contributed by atoms with Gasteiger partial charge in [-0.2, -0.15) is 0 Å². The van der Waals surface area contributed by atoms with Crippen LogP contribution in [0.1, 0.15) is 21.5 Å². The van der Waals surface area contributed by atoms with Gasteiger partial charge in [-0.05, 0) is 37.3 Å². The average Bonchev–Trinajstić information content (AvgIpc) is 2.66. The number of nitrogens with one attached hydrogen (secondary N) is 1. The lowest BCUT2D eigenvalue weighted by atomic mass is 10.0. The van der Waals surface area contributed by atoms with Gasteiger partial charge >= 0.3 is 0 Å². The molecule has 3 aromatic rings. The first-order valence-electron chi connectivity index (χ1n) is 8.33. The standard InChI is InChI=1S/C19H13F2N3O5S/c1-11-16(24(26)27)5-2-6-17(11)30(28,29)23-19-15(4-3-7-22-19)18(25)12-8-13(20)10-14(21)9-12/h2-10H,1H3,(H,22,23). The number of hydrogen-bond donors (Lipinski definition) is 1. The van der Waals surface area contributed by atoms with Crippen molar-refractivity contribution in [1.29, 1.82) is 0 Å². The maximum absolute atomic E-state index is 13.5. The molecule has 0 radical (unpaired) electrons. The minimum Gasteiger partial charge on any atom is -0.288 e. The number of sulfonamides is 1. The molecule has 0 saturated heterocycles. The molecule has 1 aromatic heterocycles. The molecule has 0 unspecified atom stereocenters. The zero-order chi connectivity index (χ0) is 22.1. The molecule has 1 N–H and O–H groups in total. The number of nitrogens with zero attached hydrogens (tertiary/aromatic N) is 2. The molecule has 30 heavy (non-hydrogen) atoms. The molecular formula is C19H13F2N3O5S. The van der Waals surface area contributed by atoms with Crippen LogP contribution in [0.15, 0.2) is 59.6 Å². The molecule has 0 aliphatic carbocycles. The van der Waals surface area contributed by atoms with E-state index >= 15 is 0 Å². The number of benzene rings is 2. The van der Waals surface area contributed by atoms with E-state index in [0.29, 0.717) is 6.07 Å². The largest absolute Gasteiger partial charge is 0.288 e. The molecule has 0 bridgehead atoms. The molecule has 0 fully saturated rings. The molecule has 154 valence electrons. The van der Waals surface area contributed by atoms with Crippen LogP contribution in [0, 0.1) is 28.7 Å². The summed E-state index contributed by atoms with van der Waals surface area (Å²) in [5.41, 5.74) is -1.10. The molecule has 0 amide bonds. The Kier molecular flexibility index (Phi) is 5.56. The molecule has 0 aliphatic heterocycles. The van der Waals surface area contributed by atoms with E-state index in [1.54, 1.807) is 0 Å². The number of hydrogen-bond acceptors (Lipinski definition) is 6. The van der Waals surface area contributed by atoms with Crippen LogP contribution >= 0.6 is 0 Å². The zero-order valence-electron chi connectivity index (χ0n) is 15.3. The van der Waals surface area contributed by atoms with E-state index in [2.05, 4.69) is 9.71 Å². The van der Waals surface area contributed by atoms with Crippen LogP contribution in [0.2, 0.25) is 0 Å². The normalized spacial score (nSPS) is 11.2. The van der Waals surface area contributed by atoms with Crippen molar-refractivity contribution in [2.75, 3.05) is 4.72 Å². The SMILES string of the molecule is Cc1c([N+](=O)[O-])cccc1S(=O)(=O)Nc1ncccc1C(=O)c1cc(F)cc(F)c1. The number of rotatable bonds is 6. The summed E-state index contributed by atoms with van der Waals surface area (Å²) in [7, 11) is -4.37. The predicted molar refractivity (Wildman–Crippen MR) is 103 cm³/mol. The van der Waals surface area contributed by atoms with Crippen LogP contribution in [0.3, 0.4) is 0 Å². The van der Waals surface area contributed by atoms with Gasteiger partial charge in [-0.3, -0.25) is 19.6 Å². The fraction of sp³-hybridized carbons (Fsp3) is 0.0526. The van der Waals surface area contributed by atoms with Crippen LogP contribution in [0.25, 0.3) is 0 Å². The lowest BCUT2D eigenvalue weighted by molar-refractivity contribution is -0.385. The smallest absolute Gasteiger partial charge is 0.273 e. The third-order valence-corrected chi connectivity index (χ3v) is 5.63. The second-order valence-electron chi connectivity index (χ2n) is 6.15.